The van der Waals surface area contributed by atoms with Gasteiger partial charge in [0.15, 0.2) is 0 Å². The number of Topliss-reactive ketones (excluding diaryl/α,β-unsaturated/α-hetero) is 1. The number of carbonyl (C=O) groups excluding carboxylic acids is 11. The maximum atomic E-state index is 14.6. The highest BCUT2D eigenvalue weighted by molar-refractivity contribution is 6.00. The van der Waals surface area contributed by atoms with Gasteiger partial charge in [0.05, 0.1) is 12.2 Å². The molecule has 1 fully saturated rings. The van der Waals surface area contributed by atoms with Crippen molar-refractivity contribution >= 4 is 64.9 Å². The minimum Gasteiger partial charge on any atom is -0.393 e. The van der Waals surface area contributed by atoms with E-state index >= 15 is 0 Å². The molecule has 492 valence electrons. The van der Waals surface area contributed by atoms with Crippen molar-refractivity contribution in [3.8, 4) is 0 Å². The summed E-state index contributed by atoms with van der Waals surface area (Å²) in [6.07, 6.45) is 2.07. The van der Waals surface area contributed by atoms with E-state index in [1.165, 1.54) is 52.5 Å². The maximum Gasteiger partial charge on any atom is 0.246 e. The van der Waals surface area contributed by atoms with Gasteiger partial charge in [0, 0.05) is 44.9 Å². The summed E-state index contributed by atoms with van der Waals surface area (Å²) >= 11 is 0. The lowest BCUT2D eigenvalue weighted by Gasteiger charge is -2.34. The average Bonchev–Trinajstić information content (AvgIpc) is 3.94. The Kier molecular flexibility index (Phi) is 32.4. The van der Waals surface area contributed by atoms with E-state index in [2.05, 4.69) is 47.9 Å². The number of hydrogen-bond donors (Lipinski definition) is 11. The lowest BCUT2D eigenvalue weighted by molar-refractivity contribution is -0.140. The molecule has 24 heteroatoms. The van der Waals surface area contributed by atoms with Crippen molar-refractivity contribution in [1.29, 1.82) is 0 Å². The normalized spacial score (nSPS) is 18.0. The van der Waals surface area contributed by atoms with Crippen LogP contribution in [0, 0.1) is 35.5 Å². The van der Waals surface area contributed by atoms with Gasteiger partial charge in [-0.3, -0.25) is 52.7 Å². The number of likely N-dealkylation sites (N-methyl/N-ethyl adjacent to an activating group) is 1. The molecule has 1 rings (SSSR count). The number of ketones is 1. The Morgan fingerprint density at radius 3 is 1.69 bits per heavy atom. The van der Waals surface area contributed by atoms with Crippen molar-refractivity contribution in [1.82, 2.24) is 57.7 Å². The first-order chi connectivity index (χ1) is 39.6. The summed E-state index contributed by atoms with van der Waals surface area (Å²) in [6.45, 7) is 31.1. The highest BCUT2D eigenvalue weighted by atomic mass is 16.3. The van der Waals surface area contributed by atoms with Crippen molar-refractivity contribution in [2.75, 3.05) is 33.7 Å². The lowest BCUT2D eigenvalue weighted by atomic mass is 9.92. The van der Waals surface area contributed by atoms with E-state index in [9.17, 15) is 63.0 Å². The van der Waals surface area contributed by atoms with Crippen LogP contribution in [0.1, 0.15) is 182 Å². The molecule has 0 bridgehead atoms. The molecule has 0 spiro atoms. The Hall–Kier alpha value is -6.01. The summed E-state index contributed by atoms with van der Waals surface area (Å²) in [5.74, 6) is -8.25. The average molecular weight is 1220 g/mol. The molecular weight excluding hydrogens is 1110 g/mol. The fourth-order valence-corrected chi connectivity index (χ4v) is 9.77. The van der Waals surface area contributed by atoms with Gasteiger partial charge in [-0.25, -0.2) is 0 Å². The molecule has 24 nitrogen and oxygen atoms in total. The molecule has 1 aliphatic heterocycles. The van der Waals surface area contributed by atoms with Crippen molar-refractivity contribution in [3.63, 3.8) is 0 Å². The standard InChI is InChI=1S/C62H111N11O13/c1-21-38(9)23-24-49(77)73-33-40(11)31-47(73)55(82)66-46(30-39(10)29-43(75)32-42(74)22-2)53(80)68-50(51(78)37(7)8)56(83)70-61(15,16)58(85)67-44(27-35(3)4)52(79)65-45(28-36(5)6)54(81)69-62(17,18)59(86)71-60(13,14)57(84)63-26-25-48(76)64-41(12)34-72(19)20/h23-24,35-41,43-47,50-51,75,78H,21-22,25-34H2,1-20H3,(H,63,84)(H,64,76)(H,65,79)(H,66,82)(H,67,85)(H,68,80)(H,69,81)(H,70,83)(H,71,86)/b24-23+/t38-,39+,40-,41-,43?,44-,45-,46-,47-,50-,51+/m0/s1. The topological polar surface area (TPSA) is 343 Å². The van der Waals surface area contributed by atoms with Crippen molar-refractivity contribution < 1.29 is 63.0 Å². The van der Waals surface area contributed by atoms with Gasteiger partial charge in [-0.05, 0) is 136 Å². The van der Waals surface area contributed by atoms with Gasteiger partial charge in [-0.1, -0.05) is 88.7 Å². The smallest absolute Gasteiger partial charge is 0.246 e. The summed E-state index contributed by atoms with van der Waals surface area (Å²) in [5, 5.41) is 46.7. The van der Waals surface area contributed by atoms with Gasteiger partial charge in [0.25, 0.3) is 0 Å². The summed E-state index contributed by atoms with van der Waals surface area (Å²) in [5.41, 5.74) is -4.93. The molecule has 1 saturated heterocycles. The van der Waals surface area contributed by atoms with Gasteiger partial charge < -0.3 is 67.9 Å². The largest absolute Gasteiger partial charge is 0.393 e. The van der Waals surface area contributed by atoms with Gasteiger partial charge in [0.1, 0.15) is 52.6 Å². The van der Waals surface area contributed by atoms with Crippen LogP contribution < -0.4 is 47.9 Å². The fraction of sp³-hybridized carbons (Fsp3) is 0.790. The highest BCUT2D eigenvalue weighted by Crippen LogP contribution is 2.25. The van der Waals surface area contributed by atoms with Crippen LogP contribution in [-0.4, -0.2) is 184 Å². The van der Waals surface area contributed by atoms with Crippen LogP contribution in [-0.2, 0) is 52.7 Å². The van der Waals surface area contributed by atoms with Gasteiger partial charge in [-0.15, -0.1) is 0 Å². The van der Waals surface area contributed by atoms with Crippen LogP contribution in [0.5, 0.6) is 0 Å². The molecule has 0 aromatic carbocycles. The quantitative estimate of drug-likeness (QED) is 0.0398. The van der Waals surface area contributed by atoms with Crippen LogP contribution in [0.25, 0.3) is 0 Å². The number of likely N-dealkylation sites (tertiary alicyclic amines) is 1. The molecule has 0 aromatic heterocycles. The summed E-state index contributed by atoms with van der Waals surface area (Å²) < 4.78 is 0. The van der Waals surface area contributed by atoms with E-state index in [1.54, 1.807) is 33.8 Å². The summed E-state index contributed by atoms with van der Waals surface area (Å²) in [6, 6.07) is -6.61. The highest BCUT2D eigenvalue weighted by Gasteiger charge is 2.43. The Labute approximate surface area is 512 Å². The molecule has 1 heterocycles. The predicted molar refractivity (Wildman–Crippen MR) is 330 cm³/mol. The molecule has 10 amide bonds. The zero-order valence-electron chi connectivity index (χ0n) is 55.5. The first-order valence-electron chi connectivity index (χ1n) is 30.8. The Balaban J connectivity index is 3.44. The number of hydrogen-bond acceptors (Lipinski definition) is 14. The number of aliphatic hydroxyl groups excluding tert-OH is 2. The van der Waals surface area contributed by atoms with Gasteiger partial charge in [-0.2, -0.15) is 0 Å². The molecule has 0 saturated carbocycles. The monoisotopic (exact) mass is 1220 g/mol. The van der Waals surface area contributed by atoms with Crippen LogP contribution in [0.3, 0.4) is 0 Å². The van der Waals surface area contributed by atoms with Crippen molar-refractivity contribution in [2.24, 2.45) is 35.5 Å². The Morgan fingerprint density at radius 1 is 0.628 bits per heavy atom. The number of allylic oxidation sites excluding steroid dienone is 1. The number of amides is 10. The molecular formula is C62H111N11O13. The number of nitrogens with zero attached hydrogens (tertiary/aromatic N) is 2. The van der Waals surface area contributed by atoms with E-state index in [0.29, 0.717) is 19.5 Å². The molecule has 0 aliphatic carbocycles. The van der Waals surface area contributed by atoms with E-state index in [-0.39, 0.29) is 98.8 Å². The fourth-order valence-electron chi connectivity index (χ4n) is 9.77. The van der Waals surface area contributed by atoms with Gasteiger partial charge in [0.2, 0.25) is 59.1 Å². The Bertz CT molecular complexity index is 2340. The number of aliphatic hydroxyl groups is 2. The minimum atomic E-state index is -1.82. The maximum absolute atomic E-state index is 14.6. The van der Waals surface area contributed by atoms with E-state index in [4.69, 9.17) is 0 Å². The van der Waals surface area contributed by atoms with Crippen LogP contribution in [0.2, 0.25) is 0 Å². The zero-order chi connectivity index (χ0) is 66.4. The molecule has 86 heavy (non-hydrogen) atoms. The summed E-state index contributed by atoms with van der Waals surface area (Å²) in [4.78, 5) is 154. The first kappa shape index (κ1) is 78.0. The van der Waals surface area contributed by atoms with Gasteiger partial charge >= 0.3 is 0 Å². The van der Waals surface area contributed by atoms with Crippen molar-refractivity contribution in [2.45, 2.75) is 247 Å². The molecule has 0 radical (unpaired) electrons. The third-order valence-corrected chi connectivity index (χ3v) is 15.1. The number of rotatable bonds is 37. The van der Waals surface area contributed by atoms with Crippen LogP contribution in [0.15, 0.2) is 12.2 Å². The third kappa shape index (κ3) is 27.4. The minimum absolute atomic E-state index is 0.00837. The second kappa shape index (κ2) is 35.7. The molecule has 11 atom stereocenters. The second-order valence-corrected chi connectivity index (χ2v) is 27.1. The molecule has 1 aliphatic rings. The number of nitrogens with one attached hydrogen (secondary N) is 9. The SMILES string of the molecule is CCC(=O)CC(O)C[C@@H](C)C[C@H](NC(=O)[C@@H]1C[C@H](C)CN1C(=O)/C=C/[C@@H](C)CC)C(=O)N[C@H](C(=O)NC(C)(C)C(=O)N[C@@H](CC(C)C)C(=O)N[C@@H](CC(C)C)C(=O)NC(C)(C)C(=O)NC(C)(C)C(=O)NCCC(=O)N[C@@H](C)CN(C)C)[C@H](O)C(C)C. The zero-order valence-corrected chi connectivity index (χ0v) is 55.5. The summed E-state index contributed by atoms with van der Waals surface area (Å²) in [7, 11) is 3.77. The Morgan fingerprint density at radius 2 is 1.15 bits per heavy atom. The predicted octanol–water partition coefficient (Wildman–Crippen LogP) is 2.28. The second-order valence-electron chi connectivity index (χ2n) is 27.1. The number of carbonyl (C=O) groups is 11. The van der Waals surface area contributed by atoms with E-state index in [0.717, 1.165) is 6.42 Å². The van der Waals surface area contributed by atoms with Crippen LogP contribution in [0.4, 0.5) is 0 Å². The van der Waals surface area contributed by atoms with E-state index in [1.807, 2.05) is 74.4 Å². The van der Waals surface area contributed by atoms with Crippen molar-refractivity contribution in [3.05, 3.63) is 12.2 Å². The lowest BCUT2D eigenvalue weighted by Crippen LogP contribution is -2.66. The van der Waals surface area contributed by atoms with Crippen LogP contribution >= 0.6 is 0 Å². The first-order valence-corrected chi connectivity index (χ1v) is 30.8. The third-order valence-electron chi connectivity index (χ3n) is 15.1. The molecule has 0 aromatic rings. The molecule has 11 N–H and O–H groups in total. The molecule has 1 unspecified atom stereocenters. The van der Waals surface area contributed by atoms with E-state index < -0.39 is 118 Å².